The Labute approximate surface area is 174 Å². The molecule has 10 heteroatoms. The molecule has 0 spiro atoms. The topological polar surface area (TPSA) is 116 Å². The summed E-state index contributed by atoms with van der Waals surface area (Å²) in [5.74, 6) is -0.164. The maximum atomic E-state index is 13.1. The molecule has 0 saturated carbocycles. The Bertz CT molecular complexity index is 1020. The number of benzene rings is 2. The summed E-state index contributed by atoms with van der Waals surface area (Å²) in [6, 6.07) is 12.0. The molecule has 1 atom stereocenters. The predicted molar refractivity (Wildman–Crippen MR) is 109 cm³/mol. The molecule has 1 aliphatic rings. The number of hydrogen-bond acceptors (Lipinski definition) is 7. The van der Waals surface area contributed by atoms with Crippen LogP contribution in [0.1, 0.15) is 28.8 Å². The number of non-ortho nitro benzene ring substituents is 1. The molecule has 1 unspecified atom stereocenters. The van der Waals surface area contributed by atoms with Crippen molar-refractivity contribution in [3.8, 4) is 5.75 Å². The largest absolute Gasteiger partial charge is 0.383 e. The summed E-state index contributed by atoms with van der Waals surface area (Å²) < 4.78 is 33.0. The fraction of sp³-hybridized carbons (Fsp3) is 0.350. The van der Waals surface area contributed by atoms with E-state index in [2.05, 4.69) is 0 Å². The summed E-state index contributed by atoms with van der Waals surface area (Å²) >= 11 is 0. The zero-order valence-corrected chi connectivity index (χ0v) is 17.2. The SMILES string of the molecule is CS(=O)(=O)Oc1ccc(CN(CC2CCCO2)C(=O)c2cccc([N+](=O)[O-])c2)cc1. The summed E-state index contributed by atoms with van der Waals surface area (Å²) in [5, 5.41) is 11.1. The Balaban J connectivity index is 1.80. The van der Waals surface area contributed by atoms with Crippen LogP contribution in [0, 0.1) is 10.1 Å². The van der Waals surface area contributed by atoms with Crippen molar-refractivity contribution >= 4 is 21.7 Å². The Morgan fingerprint density at radius 3 is 2.60 bits per heavy atom. The van der Waals surface area contributed by atoms with Gasteiger partial charge in [0.25, 0.3) is 11.6 Å². The smallest absolute Gasteiger partial charge is 0.306 e. The molecule has 1 amide bonds. The van der Waals surface area contributed by atoms with E-state index in [1.165, 1.54) is 30.3 Å². The molecule has 0 aliphatic carbocycles. The third kappa shape index (κ3) is 6.01. The molecule has 2 aromatic rings. The Morgan fingerprint density at radius 2 is 2.00 bits per heavy atom. The number of nitrogens with zero attached hydrogens (tertiary/aromatic N) is 2. The van der Waals surface area contributed by atoms with Gasteiger partial charge in [-0.3, -0.25) is 14.9 Å². The molecule has 0 radical (unpaired) electrons. The van der Waals surface area contributed by atoms with Crippen LogP contribution in [0.25, 0.3) is 0 Å². The first kappa shape index (κ1) is 21.7. The lowest BCUT2D eigenvalue weighted by Gasteiger charge is -2.26. The van der Waals surface area contributed by atoms with Gasteiger partial charge in [0.15, 0.2) is 0 Å². The highest BCUT2D eigenvalue weighted by Gasteiger charge is 2.24. The summed E-state index contributed by atoms with van der Waals surface area (Å²) in [5.41, 5.74) is 0.826. The highest BCUT2D eigenvalue weighted by molar-refractivity contribution is 7.86. The van der Waals surface area contributed by atoms with Gasteiger partial charge >= 0.3 is 10.1 Å². The van der Waals surface area contributed by atoms with Gasteiger partial charge in [0.2, 0.25) is 0 Å². The molecule has 0 bridgehead atoms. The van der Waals surface area contributed by atoms with Crippen LogP contribution in [0.3, 0.4) is 0 Å². The molecule has 0 N–H and O–H groups in total. The first-order valence-corrected chi connectivity index (χ1v) is 11.2. The summed E-state index contributed by atoms with van der Waals surface area (Å²) in [7, 11) is -3.63. The maximum absolute atomic E-state index is 13.1. The average Bonchev–Trinajstić information content (AvgIpc) is 3.20. The van der Waals surface area contributed by atoms with Gasteiger partial charge in [-0.05, 0) is 36.6 Å². The number of rotatable bonds is 8. The van der Waals surface area contributed by atoms with E-state index in [1.807, 2.05) is 0 Å². The van der Waals surface area contributed by atoms with E-state index in [-0.39, 0.29) is 35.6 Å². The van der Waals surface area contributed by atoms with Crippen molar-refractivity contribution in [2.24, 2.45) is 0 Å². The van der Waals surface area contributed by atoms with Crippen molar-refractivity contribution < 1.29 is 27.1 Å². The molecular weight excluding hydrogens is 412 g/mol. The van der Waals surface area contributed by atoms with Crippen molar-refractivity contribution in [3.63, 3.8) is 0 Å². The van der Waals surface area contributed by atoms with Crippen molar-refractivity contribution in [1.82, 2.24) is 4.90 Å². The van der Waals surface area contributed by atoms with Gasteiger partial charge in [-0.25, -0.2) is 0 Å². The Kier molecular flexibility index (Phi) is 6.68. The second-order valence-electron chi connectivity index (χ2n) is 7.06. The molecule has 160 valence electrons. The number of hydrogen-bond donors (Lipinski definition) is 0. The van der Waals surface area contributed by atoms with E-state index >= 15 is 0 Å². The molecule has 1 aliphatic heterocycles. The average molecular weight is 434 g/mol. The molecule has 3 rings (SSSR count). The number of nitro benzene ring substituents is 1. The van der Waals surface area contributed by atoms with E-state index in [9.17, 15) is 23.3 Å². The van der Waals surface area contributed by atoms with Crippen LogP contribution in [0.5, 0.6) is 5.75 Å². The fourth-order valence-corrected chi connectivity index (χ4v) is 3.69. The Morgan fingerprint density at radius 1 is 1.27 bits per heavy atom. The van der Waals surface area contributed by atoms with Gasteiger partial charge < -0.3 is 13.8 Å². The van der Waals surface area contributed by atoms with Crippen LogP contribution >= 0.6 is 0 Å². The summed E-state index contributed by atoms with van der Waals surface area (Å²) in [4.78, 5) is 25.2. The number of carbonyl (C=O) groups excluding carboxylic acids is 1. The van der Waals surface area contributed by atoms with Crippen LogP contribution in [0.2, 0.25) is 0 Å². The fourth-order valence-electron chi connectivity index (χ4n) is 3.23. The van der Waals surface area contributed by atoms with Crippen molar-refractivity contribution in [1.29, 1.82) is 0 Å². The van der Waals surface area contributed by atoms with E-state index in [0.29, 0.717) is 13.2 Å². The number of ether oxygens (including phenoxy) is 1. The normalized spacial score (nSPS) is 16.2. The lowest BCUT2D eigenvalue weighted by atomic mass is 10.1. The molecule has 1 fully saturated rings. The minimum absolute atomic E-state index is 0.0968. The number of amides is 1. The highest BCUT2D eigenvalue weighted by atomic mass is 32.2. The summed E-state index contributed by atoms with van der Waals surface area (Å²) in [6.45, 7) is 1.23. The molecule has 1 heterocycles. The van der Waals surface area contributed by atoms with Gasteiger partial charge in [-0.1, -0.05) is 18.2 Å². The second kappa shape index (κ2) is 9.23. The predicted octanol–water partition coefficient (Wildman–Crippen LogP) is 2.75. The third-order valence-corrected chi connectivity index (χ3v) is 5.08. The first-order chi connectivity index (χ1) is 14.2. The van der Waals surface area contributed by atoms with E-state index in [0.717, 1.165) is 24.7 Å². The standard InChI is InChI=1S/C20H22N2O7S/c1-30(26,27)29-18-9-7-15(8-10-18)13-21(14-19-6-3-11-28-19)20(23)16-4-2-5-17(12-16)22(24)25/h2,4-5,7-10,12,19H,3,6,11,13-14H2,1H3. The van der Waals surface area contributed by atoms with Crippen molar-refractivity contribution in [2.75, 3.05) is 19.4 Å². The zero-order chi connectivity index (χ0) is 21.7. The highest BCUT2D eigenvalue weighted by Crippen LogP contribution is 2.21. The molecular formula is C20H22N2O7S. The van der Waals surface area contributed by atoms with Gasteiger partial charge in [0, 0.05) is 37.4 Å². The van der Waals surface area contributed by atoms with Gasteiger partial charge in [0.1, 0.15) is 5.75 Å². The summed E-state index contributed by atoms with van der Waals surface area (Å²) in [6.07, 6.45) is 2.61. The number of carbonyl (C=O) groups is 1. The molecule has 2 aromatic carbocycles. The quantitative estimate of drug-likeness (QED) is 0.356. The Hall–Kier alpha value is -2.98. The van der Waals surface area contributed by atoms with Crippen molar-refractivity contribution in [3.05, 3.63) is 69.8 Å². The van der Waals surface area contributed by atoms with Gasteiger partial charge in [-0.15, -0.1) is 0 Å². The number of nitro groups is 1. The second-order valence-corrected chi connectivity index (χ2v) is 8.63. The van der Waals surface area contributed by atoms with Gasteiger partial charge in [0.05, 0.1) is 17.3 Å². The van der Waals surface area contributed by atoms with Gasteiger partial charge in [-0.2, -0.15) is 8.42 Å². The van der Waals surface area contributed by atoms with E-state index < -0.39 is 15.0 Å². The zero-order valence-electron chi connectivity index (χ0n) is 16.4. The third-order valence-electron chi connectivity index (χ3n) is 4.58. The van der Waals surface area contributed by atoms with Crippen LogP contribution in [-0.2, 0) is 21.4 Å². The monoisotopic (exact) mass is 434 g/mol. The van der Waals surface area contributed by atoms with Crippen molar-refractivity contribution in [2.45, 2.75) is 25.5 Å². The van der Waals surface area contributed by atoms with Crippen LogP contribution < -0.4 is 4.18 Å². The lowest BCUT2D eigenvalue weighted by Crippen LogP contribution is -2.37. The maximum Gasteiger partial charge on any atom is 0.306 e. The lowest BCUT2D eigenvalue weighted by molar-refractivity contribution is -0.384. The minimum atomic E-state index is -3.63. The molecule has 0 aromatic heterocycles. The van der Waals surface area contributed by atoms with Crippen LogP contribution in [0.15, 0.2) is 48.5 Å². The minimum Gasteiger partial charge on any atom is -0.383 e. The molecule has 1 saturated heterocycles. The van der Waals surface area contributed by atoms with E-state index in [1.54, 1.807) is 23.1 Å². The molecule has 9 nitrogen and oxygen atoms in total. The van der Waals surface area contributed by atoms with Crippen LogP contribution in [-0.4, -0.2) is 49.7 Å². The first-order valence-electron chi connectivity index (χ1n) is 9.35. The van der Waals surface area contributed by atoms with Crippen LogP contribution in [0.4, 0.5) is 5.69 Å². The molecule has 30 heavy (non-hydrogen) atoms. The van der Waals surface area contributed by atoms with E-state index in [4.69, 9.17) is 8.92 Å².